The number of rotatable bonds is 4. The molecule has 1 aromatic carbocycles. The van der Waals surface area contributed by atoms with E-state index in [0.29, 0.717) is 0 Å². The Morgan fingerprint density at radius 2 is 2.17 bits per heavy atom. The second-order valence-corrected chi connectivity index (χ2v) is 5.84. The molecule has 1 atom stereocenters. The van der Waals surface area contributed by atoms with Crippen LogP contribution in [0.15, 0.2) is 39.4 Å². The van der Waals surface area contributed by atoms with Gasteiger partial charge in [-0.25, -0.2) is 0 Å². The van der Waals surface area contributed by atoms with Gasteiger partial charge in [-0.2, -0.15) is 5.10 Å². The molecule has 4 nitrogen and oxygen atoms in total. The Labute approximate surface area is 123 Å². The van der Waals surface area contributed by atoms with Crippen molar-refractivity contribution in [2.24, 2.45) is 12.9 Å². The number of aromatic nitrogens is 2. The molecule has 0 amide bonds. The van der Waals surface area contributed by atoms with Crippen molar-refractivity contribution in [2.45, 2.75) is 12.5 Å². The zero-order chi connectivity index (χ0) is 13.1. The van der Waals surface area contributed by atoms with Crippen molar-refractivity contribution in [1.82, 2.24) is 15.2 Å². The maximum Gasteiger partial charge on any atom is 0.0643 e. The molecule has 96 valence electrons. The fourth-order valence-corrected chi connectivity index (χ4v) is 2.72. The lowest BCUT2D eigenvalue weighted by Crippen LogP contribution is -2.30. The number of aryl methyl sites for hydroxylation is 1. The second kappa shape index (κ2) is 5.97. The Hall–Kier alpha value is -0.690. The minimum Gasteiger partial charge on any atom is -0.276 e. The highest BCUT2D eigenvalue weighted by molar-refractivity contribution is 9.11. The van der Waals surface area contributed by atoms with E-state index < -0.39 is 0 Å². The van der Waals surface area contributed by atoms with Crippen LogP contribution in [0.4, 0.5) is 0 Å². The van der Waals surface area contributed by atoms with E-state index in [1.165, 1.54) is 0 Å². The topological polar surface area (TPSA) is 55.9 Å². The molecule has 1 unspecified atom stereocenters. The zero-order valence-electron chi connectivity index (χ0n) is 9.90. The molecule has 3 N–H and O–H groups in total. The largest absolute Gasteiger partial charge is 0.276 e. The van der Waals surface area contributed by atoms with Crippen LogP contribution < -0.4 is 11.3 Å². The quantitative estimate of drug-likeness (QED) is 0.639. The van der Waals surface area contributed by atoms with Gasteiger partial charge >= 0.3 is 0 Å². The third-order valence-corrected chi connectivity index (χ3v) is 3.93. The summed E-state index contributed by atoms with van der Waals surface area (Å²) in [7, 11) is 1.91. The first kappa shape index (κ1) is 13.7. The Morgan fingerprint density at radius 1 is 1.39 bits per heavy atom. The van der Waals surface area contributed by atoms with Crippen LogP contribution in [0.1, 0.15) is 17.3 Å². The molecule has 0 aliphatic rings. The van der Waals surface area contributed by atoms with Crippen molar-refractivity contribution < 1.29 is 0 Å². The number of halogens is 2. The van der Waals surface area contributed by atoms with Crippen molar-refractivity contribution in [2.75, 3.05) is 0 Å². The molecule has 0 saturated carbocycles. The summed E-state index contributed by atoms with van der Waals surface area (Å²) in [5, 5.41) is 4.37. The molecule has 1 heterocycles. The number of nitrogens with zero attached hydrogens (tertiary/aromatic N) is 2. The van der Waals surface area contributed by atoms with Crippen molar-refractivity contribution in [1.29, 1.82) is 0 Å². The molecule has 0 fully saturated rings. The first-order valence-electron chi connectivity index (χ1n) is 5.49. The van der Waals surface area contributed by atoms with E-state index in [9.17, 15) is 0 Å². The van der Waals surface area contributed by atoms with Crippen LogP contribution in [-0.4, -0.2) is 9.78 Å². The molecule has 18 heavy (non-hydrogen) atoms. The molecule has 0 saturated heterocycles. The molecule has 0 radical (unpaired) electrons. The van der Waals surface area contributed by atoms with Crippen LogP contribution in [-0.2, 0) is 13.5 Å². The van der Waals surface area contributed by atoms with E-state index >= 15 is 0 Å². The van der Waals surface area contributed by atoms with Gasteiger partial charge in [-0.15, -0.1) is 0 Å². The minimum atomic E-state index is 0.0202. The highest BCUT2D eigenvalue weighted by Gasteiger charge is 2.15. The molecule has 0 bridgehead atoms. The molecule has 2 rings (SSSR count). The highest BCUT2D eigenvalue weighted by atomic mass is 79.9. The molecule has 0 aliphatic heterocycles. The van der Waals surface area contributed by atoms with Crippen LogP contribution in [0.3, 0.4) is 0 Å². The molecule has 6 heteroatoms. The minimum absolute atomic E-state index is 0.0202. The lowest BCUT2D eigenvalue weighted by molar-refractivity contribution is 0.539. The summed E-state index contributed by atoms with van der Waals surface area (Å²) in [6, 6.07) is 8.06. The fraction of sp³-hybridized carbons (Fsp3) is 0.250. The van der Waals surface area contributed by atoms with Crippen LogP contribution in [0.2, 0.25) is 0 Å². The Kier molecular flexibility index (Phi) is 4.55. The Bertz CT molecular complexity index is 539. The van der Waals surface area contributed by atoms with Gasteiger partial charge in [-0.3, -0.25) is 16.0 Å². The maximum absolute atomic E-state index is 5.66. The number of benzene rings is 1. The van der Waals surface area contributed by atoms with Crippen LogP contribution in [0.25, 0.3) is 0 Å². The third kappa shape index (κ3) is 3.20. The monoisotopic (exact) mass is 372 g/mol. The van der Waals surface area contributed by atoms with Gasteiger partial charge in [0.25, 0.3) is 0 Å². The van der Waals surface area contributed by atoms with Crippen molar-refractivity contribution in [3.8, 4) is 0 Å². The first-order chi connectivity index (χ1) is 8.60. The van der Waals surface area contributed by atoms with E-state index in [4.69, 9.17) is 5.84 Å². The summed E-state index contributed by atoms with van der Waals surface area (Å²) in [6.45, 7) is 0. The first-order valence-corrected chi connectivity index (χ1v) is 7.08. The van der Waals surface area contributed by atoms with E-state index in [1.807, 2.05) is 31.4 Å². The number of hydrazine groups is 1. The molecule has 0 aliphatic carbocycles. The summed E-state index contributed by atoms with van der Waals surface area (Å²) in [5.41, 5.74) is 4.96. The average molecular weight is 374 g/mol. The summed E-state index contributed by atoms with van der Waals surface area (Å²) in [5.74, 6) is 5.66. The van der Waals surface area contributed by atoms with Gasteiger partial charge in [0, 0.05) is 28.6 Å². The van der Waals surface area contributed by atoms with Crippen molar-refractivity contribution >= 4 is 31.9 Å². The third-order valence-electron chi connectivity index (χ3n) is 2.72. The predicted octanol–water partition coefficient (Wildman–Crippen LogP) is 2.69. The second-order valence-electron chi connectivity index (χ2n) is 4.07. The number of nitrogens with one attached hydrogen (secondary N) is 1. The number of nitrogens with two attached hydrogens (primary N) is 1. The predicted molar refractivity (Wildman–Crippen MR) is 78.8 cm³/mol. The van der Waals surface area contributed by atoms with Gasteiger partial charge in [0.05, 0.1) is 11.7 Å². The highest BCUT2D eigenvalue weighted by Crippen LogP contribution is 2.28. The normalized spacial score (nSPS) is 12.7. The van der Waals surface area contributed by atoms with Gasteiger partial charge in [0.1, 0.15) is 0 Å². The van der Waals surface area contributed by atoms with Gasteiger partial charge in [-0.05, 0) is 29.8 Å². The molecule has 1 aromatic heterocycles. The summed E-state index contributed by atoms with van der Waals surface area (Å²) < 4.78 is 3.85. The van der Waals surface area contributed by atoms with Crippen LogP contribution >= 0.6 is 31.9 Å². The van der Waals surface area contributed by atoms with E-state index in [2.05, 4.69) is 48.5 Å². The van der Waals surface area contributed by atoms with Crippen molar-refractivity contribution in [3.05, 3.63) is 50.7 Å². The Balaban J connectivity index is 2.25. The van der Waals surface area contributed by atoms with Crippen molar-refractivity contribution in [3.63, 3.8) is 0 Å². The maximum atomic E-state index is 5.66. The van der Waals surface area contributed by atoms with Gasteiger partial charge in [0.2, 0.25) is 0 Å². The van der Waals surface area contributed by atoms with Gasteiger partial charge in [0.15, 0.2) is 0 Å². The lowest BCUT2D eigenvalue weighted by Gasteiger charge is -2.17. The zero-order valence-corrected chi connectivity index (χ0v) is 13.1. The summed E-state index contributed by atoms with van der Waals surface area (Å²) in [4.78, 5) is 0. The van der Waals surface area contributed by atoms with E-state index in [1.54, 1.807) is 4.68 Å². The van der Waals surface area contributed by atoms with E-state index in [-0.39, 0.29) is 6.04 Å². The molecule has 0 spiro atoms. The van der Waals surface area contributed by atoms with Gasteiger partial charge < -0.3 is 0 Å². The molecule has 2 aromatic rings. The number of hydrogen-bond acceptors (Lipinski definition) is 3. The summed E-state index contributed by atoms with van der Waals surface area (Å²) >= 11 is 7.02. The Morgan fingerprint density at radius 3 is 2.78 bits per heavy atom. The summed E-state index contributed by atoms with van der Waals surface area (Å²) in [6.07, 6.45) is 2.67. The number of hydrogen-bond donors (Lipinski definition) is 2. The standard InChI is InChI=1S/C12H14Br2N4/c1-18-5-4-9(17-18)7-12(16-15)10-6-8(13)2-3-11(10)14/h2-6,12,16H,7,15H2,1H3. The van der Waals surface area contributed by atoms with Crippen LogP contribution in [0, 0.1) is 0 Å². The smallest absolute Gasteiger partial charge is 0.0643 e. The average Bonchev–Trinajstić information content (AvgIpc) is 2.75. The fourth-order valence-electron chi connectivity index (χ4n) is 1.82. The SMILES string of the molecule is Cn1ccc(CC(NN)c2cc(Br)ccc2Br)n1. The molecular formula is C12H14Br2N4. The van der Waals surface area contributed by atoms with E-state index in [0.717, 1.165) is 26.6 Å². The molecular weight excluding hydrogens is 360 g/mol. The van der Waals surface area contributed by atoms with Crippen LogP contribution in [0.5, 0.6) is 0 Å². The van der Waals surface area contributed by atoms with Gasteiger partial charge in [-0.1, -0.05) is 31.9 Å². The lowest BCUT2D eigenvalue weighted by atomic mass is 10.0.